The summed E-state index contributed by atoms with van der Waals surface area (Å²) in [6, 6.07) is 0.318. The van der Waals surface area contributed by atoms with Crippen LogP contribution < -0.4 is 5.32 Å². The summed E-state index contributed by atoms with van der Waals surface area (Å²) in [4.78, 5) is 17.8. The Bertz CT molecular complexity index is 337. The second-order valence-electron chi connectivity index (χ2n) is 4.36. The third kappa shape index (κ3) is 2.82. The Hall–Kier alpha value is -1.36. The van der Waals surface area contributed by atoms with Gasteiger partial charge in [-0.1, -0.05) is 6.42 Å². The van der Waals surface area contributed by atoms with Gasteiger partial charge >= 0.3 is 5.97 Å². The van der Waals surface area contributed by atoms with Crippen LogP contribution in [-0.4, -0.2) is 27.1 Å². The molecule has 2 unspecified atom stereocenters. The molecule has 0 saturated heterocycles. The second kappa shape index (κ2) is 5.12. The highest BCUT2D eigenvalue weighted by Crippen LogP contribution is 2.24. The van der Waals surface area contributed by atoms with Crippen molar-refractivity contribution in [2.24, 2.45) is 5.92 Å². The molecule has 1 aromatic rings. The zero-order chi connectivity index (χ0) is 11.4. The van der Waals surface area contributed by atoms with Crippen LogP contribution >= 0.6 is 0 Å². The zero-order valence-electron chi connectivity index (χ0n) is 9.15. The summed E-state index contributed by atoms with van der Waals surface area (Å²) in [5.41, 5.74) is 1.04. The van der Waals surface area contributed by atoms with Crippen molar-refractivity contribution >= 4 is 5.97 Å². The number of rotatable bonds is 4. The molecule has 16 heavy (non-hydrogen) atoms. The fourth-order valence-electron chi connectivity index (χ4n) is 2.24. The third-order valence-corrected chi connectivity index (χ3v) is 3.16. The Morgan fingerprint density at radius 2 is 2.50 bits per heavy atom. The number of carboxylic acids is 1. The highest BCUT2D eigenvalue weighted by atomic mass is 16.4. The second-order valence-corrected chi connectivity index (χ2v) is 4.36. The predicted molar refractivity (Wildman–Crippen MR) is 58.8 cm³/mol. The van der Waals surface area contributed by atoms with Gasteiger partial charge in [-0.05, 0) is 19.3 Å². The number of nitrogens with zero attached hydrogens (tertiary/aromatic N) is 1. The molecule has 1 fully saturated rings. The molecular formula is C11H17N3O2. The lowest BCUT2D eigenvalue weighted by Gasteiger charge is -2.27. The van der Waals surface area contributed by atoms with E-state index in [2.05, 4.69) is 15.3 Å². The average Bonchev–Trinajstić information content (AvgIpc) is 2.79. The van der Waals surface area contributed by atoms with Crippen molar-refractivity contribution in [3.8, 4) is 0 Å². The van der Waals surface area contributed by atoms with E-state index in [0.717, 1.165) is 37.9 Å². The molecule has 0 aromatic carbocycles. The summed E-state index contributed by atoms with van der Waals surface area (Å²) in [7, 11) is 0. The van der Waals surface area contributed by atoms with Crippen LogP contribution in [0.15, 0.2) is 12.5 Å². The Labute approximate surface area is 94.3 Å². The Morgan fingerprint density at radius 1 is 1.62 bits per heavy atom. The first kappa shape index (κ1) is 11.1. The molecule has 88 valence electrons. The Balaban J connectivity index is 1.79. The van der Waals surface area contributed by atoms with Crippen LogP contribution in [0.25, 0.3) is 0 Å². The van der Waals surface area contributed by atoms with Crippen LogP contribution in [0.1, 0.15) is 31.4 Å². The topological polar surface area (TPSA) is 78.0 Å². The van der Waals surface area contributed by atoms with Crippen LogP contribution in [-0.2, 0) is 11.3 Å². The van der Waals surface area contributed by atoms with Gasteiger partial charge in [0.2, 0.25) is 0 Å². The van der Waals surface area contributed by atoms with Gasteiger partial charge in [-0.2, -0.15) is 0 Å². The van der Waals surface area contributed by atoms with Gasteiger partial charge in [-0.15, -0.1) is 0 Å². The van der Waals surface area contributed by atoms with Gasteiger partial charge in [0, 0.05) is 24.5 Å². The molecule has 0 aliphatic heterocycles. The molecule has 3 N–H and O–H groups in total. The largest absolute Gasteiger partial charge is 0.481 e. The summed E-state index contributed by atoms with van der Waals surface area (Å²) >= 11 is 0. The summed E-state index contributed by atoms with van der Waals surface area (Å²) in [6.07, 6.45) is 7.05. The van der Waals surface area contributed by atoms with E-state index >= 15 is 0 Å². The first-order valence-corrected chi connectivity index (χ1v) is 5.69. The lowest BCUT2D eigenvalue weighted by molar-refractivity contribution is -0.143. The number of hydrogen-bond acceptors (Lipinski definition) is 3. The maximum absolute atomic E-state index is 10.9. The van der Waals surface area contributed by atoms with Gasteiger partial charge in [0.05, 0.1) is 12.2 Å². The number of nitrogens with one attached hydrogen (secondary N) is 2. The molecule has 1 heterocycles. The van der Waals surface area contributed by atoms with E-state index in [1.165, 1.54) is 0 Å². The molecule has 1 aliphatic rings. The SMILES string of the molecule is O=C(O)C1CCCC(NCc2cnc[nH]2)C1. The van der Waals surface area contributed by atoms with Crippen molar-refractivity contribution in [1.82, 2.24) is 15.3 Å². The molecule has 2 atom stereocenters. The van der Waals surface area contributed by atoms with Crippen LogP contribution in [0, 0.1) is 5.92 Å². The molecule has 0 spiro atoms. The number of carbonyl (C=O) groups is 1. The van der Waals surface area contributed by atoms with Crippen LogP contribution in [0.2, 0.25) is 0 Å². The summed E-state index contributed by atoms with van der Waals surface area (Å²) in [5, 5.41) is 12.3. The fourth-order valence-corrected chi connectivity index (χ4v) is 2.24. The van der Waals surface area contributed by atoms with Crippen LogP contribution in [0.3, 0.4) is 0 Å². The number of aliphatic carboxylic acids is 1. The van der Waals surface area contributed by atoms with Crippen molar-refractivity contribution in [2.75, 3.05) is 0 Å². The molecule has 5 nitrogen and oxygen atoms in total. The van der Waals surface area contributed by atoms with Crippen molar-refractivity contribution in [2.45, 2.75) is 38.3 Å². The fraction of sp³-hybridized carbons (Fsp3) is 0.636. The van der Waals surface area contributed by atoms with Gasteiger partial charge in [-0.3, -0.25) is 4.79 Å². The minimum absolute atomic E-state index is 0.173. The number of hydrogen-bond donors (Lipinski definition) is 3. The number of imidazole rings is 1. The van der Waals surface area contributed by atoms with Crippen LogP contribution in [0.4, 0.5) is 0 Å². The smallest absolute Gasteiger partial charge is 0.306 e. The number of carboxylic acid groups (broad SMARTS) is 1. The summed E-state index contributed by atoms with van der Waals surface area (Å²) in [5.74, 6) is -0.832. The highest BCUT2D eigenvalue weighted by molar-refractivity contribution is 5.70. The van der Waals surface area contributed by atoms with Gasteiger partial charge in [-0.25, -0.2) is 4.98 Å². The normalized spacial score (nSPS) is 25.5. The van der Waals surface area contributed by atoms with E-state index < -0.39 is 5.97 Å². The summed E-state index contributed by atoms with van der Waals surface area (Å²) < 4.78 is 0. The van der Waals surface area contributed by atoms with E-state index in [1.807, 2.05) is 0 Å². The lowest BCUT2D eigenvalue weighted by Crippen LogP contribution is -2.36. The van der Waals surface area contributed by atoms with E-state index in [-0.39, 0.29) is 5.92 Å². The zero-order valence-corrected chi connectivity index (χ0v) is 9.15. The molecule has 1 aromatic heterocycles. The van der Waals surface area contributed by atoms with Crippen molar-refractivity contribution < 1.29 is 9.90 Å². The van der Waals surface area contributed by atoms with Crippen molar-refractivity contribution in [1.29, 1.82) is 0 Å². The van der Waals surface area contributed by atoms with E-state index in [4.69, 9.17) is 5.11 Å². The van der Waals surface area contributed by atoms with E-state index in [0.29, 0.717) is 6.04 Å². The molecule has 0 amide bonds. The molecule has 5 heteroatoms. The first-order valence-electron chi connectivity index (χ1n) is 5.69. The Morgan fingerprint density at radius 3 is 3.19 bits per heavy atom. The van der Waals surface area contributed by atoms with Crippen molar-refractivity contribution in [3.63, 3.8) is 0 Å². The van der Waals surface area contributed by atoms with E-state index in [1.54, 1.807) is 12.5 Å². The van der Waals surface area contributed by atoms with Crippen LogP contribution in [0.5, 0.6) is 0 Å². The van der Waals surface area contributed by atoms with Crippen molar-refractivity contribution in [3.05, 3.63) is 18.2 Å². The third-order valence-electron chi connectivity index (χ3n) is 3.16. The number of H-pyrrole nitrogens is 1. The molecule has 0 bridgehead atoms. The van der Waals surface area contributed by atoms with Gasteiger partial charge in [0.25, 0.3) is 0 Å². The monoisotopic (exact) mass is 223 g/mol. The van der Waals surface area contributed by atoms with E-state index in [9.17, 15) is 4.79 Å². The minimum Gasteiger partial charge on any atom is -0.481 e. The maximum atomic E-state index is 10.9. The number of aromatic nitrogens is 2. The lowest BCUT2D eigenvalue weighted by atomic mass is 9.86. The quantitative estimate of drug-likeness (QED) is 0.715. The molecule has 0 radical (unpaired) electrons. The highest BCUT2D eigenvalue weighted by Gasteiger charge is 2.26. The van der Waals surface area contributed by atoms with Gasteiger partial charge in [0.15, 0.2) is 0 Å². The molecule has 1 aliphatic carbocycles. The molecule has 1 saturated carbocycles. The first-order chi connectivity index (χ1) is 7.75. The minimum atomic E-state index is -0.659. The molecular weight excluding hydrogens is 206 g/mol. The van der Waals surface area contributed by atoms with Gasteiger partial charge < -0.3 is 15.4 Å². The predicted octanol–water partition coefficient (Wildman–Crippen LogP) is 1.14. The summed E-state index contributed by atoms with van der Waals surface area (Å²) in [6.45, 7) is 0.733. The van der Waals surface area contributed by atoms with Gasteiger partial charge in [0.1, 0.15) is 0 Å². The Kier molecular flexibility index (Phi) is 3.56. The number of aromatic amines is 1. The maximum Gasteiger partial charge on any atom is 0.306 e. The molecule has 2 rings (SSSR count). The standard InChI is InChI=1S/C11H17N3O2/c15-11(16)8-2-1-3-9(4-8)13-6-10-5-12-7-14-10/h5,7-9,13H,1-4,6H2,(H,12,14)(H,15,16). The average molecular weight is 223 g/mol.